The van der Waals surface area contributed by atoms with Gasteiger partial charge in [0.1, 0.15) is 23.3 Å². The summed E-state index contributed by atoms with van der Waals surface area (Å²) in [6.07, 6.45) is -1.57. The molecule has 19 heteroatoms. The van der Waals surface area contributed by atoms with E-state index in [0.29, 0.717) is 10.6 Å². The zero-order valence-corrected chi connectivity index (χ0v) is 21.9. The van der Waals surface area contributed by atoms with E-state index < -0.39 is 58.2 Å². The molecule has 2 aromatic rings. The molecule has 2 atom stereocenters. The molecule has 2 heterocycles. The normalized spacial score (nSPS) is 17.6. The molecule has 2 amide bonds. The van der Waals surface area contributed by atoms with Gasteiger partial charge in [-0.2, -0.15) is 13.5 Å². The zero-order valence-electron chi connectivity index (χ0n) is 20.2. The van der Waals surface area contributed by atoms with E-state index in [1.807, 2.05) is 0 Å². The van der Waals surface area contributed by atoms with Crippen LogP contribution in [0.15, 0.2) is 34.8 Å². The maximum Gasteiger partial charge on any atom is 0.418 e. The highest BCUT2D eigenvalue weighted by Crippen LogP contribution is 2.33. The number of aromatic nitrogens is 1. The van der Waals surface area contributed by atoms with E-state index in [9.17, 15) is 27.9 Å². The maximum atomic E-state index is 13.0. The molecule has 0 aliphatic carbocycles. The molecule has 8 N–H and O–H groups in total. The fourth-order valence-electron chi connectivity index (χ4n) is 3.22. The van der Waals surface area contributed by atoms with Gasteiger partial charge in [-0.3, -0.25) is 19.6 Å². The third kappa shape index (κ3) is 6.96. The minimum atomic E-state index is -5.00. The van der Waals surface area contributed by atoms with Crippen LogP contribution in [0.25, 0.3) is 0 Å². The van der Waals surface area contributed by atoms with Crippen molar-refractivity contribution in [2.24, 2.45) is 10.9 Å². The van der Waals surface area contributed by atoms with Crippen molar-refractivity contribution < 1.29 is 46.3 Å². The molecule has 3 rings (SSSR count). The monoisotopic (exact) mass is 585 g/mol. The van der Waals surface area contributed by atoms with Crippen LogP contribution in [0.1, 0.15) is 25.1 Å². The lowest BCUT2D eigenvalue weighted by atomic mass is 9.84. The number of carboxylic acid groups (broad SMARTS) is 1. The Bertz CT molecular complexity index is 1420. The van der Waals surface area contributed by atoms with Crippen LogP contribution in [0.5, 0.6) is 5.75 Å². The minimum Gasteiger partial charge on any atom is -0.478 e. The van der Waals surface area contributed by atoms with Gasteiger partial charge in [0.05, 0.1) is 5.54 Å². The first-order chi connectivity index (χ1) is 18.1. The largest absolute Gasteiger partial charge is 0.478 e. The van der Waals surface area contributed by atoms with Gasteiger partial charge in [0.25, 0.3) is 11.8 Å². The molecule has 1 aromatic heterocycles. The van der Waals surface area contributed by atoms with Crippen molar-refractivity contribution in [1.29, 1.82) is 5.41 Å². The molecule has 0 bridgehead atoms. The van der Waals surface area contributed by atoms with Gasteiger partial charge in [0.2, 0.25) is 6.10 Å². The number of ether oxygens (including phenoxy) is 1. The number of aliphatic carboxylic acids is 1. The number of amidine groups is 1. The summed E-state index contributed by atoms with van der Waals surface area (Å²) in [7, 11) is -5.00. The number of rotatable bonds is 12. The van der Waals surface area contributed by atoms with Crippen LogP contribution in [0, 0.1) is 5.41 Å². The lowest BCUT2D eigenvalue weighted by Crippen LogP contribution is -2.76. The van der Waals surface area contributed by atoms with Crippen LogP contribution >= 0.6 is 11.3 Å². The second kappa shape index (κ2) is 11.2. The SMILES string of the molecule is CC1(C)[C@H](NC(=O)C(=NOCC(Oc2ccc(C(=N)N)cc2)C(=O)O)c2csc(N)n2)C(=O)N1OS(=O)(=O)O. The minimum absolute atomic E-state index is 0.0572. The predicted octanol–water partition coefficient (Wildman–Crippen LogP) is -0.898. The van der Waals surface area contributed by atoms with Crippen molar-refractivity contribution in [3.63, 3.8) is 0 Å². The van der Waals surface area contributed by atoms with Crippen LogP contribution < -0.4 is 21.5 Å². The average molecular weight is 586 g/mol. The van der Waals surface area contributed by atoms with Gasteiger partial charge in [-0.1, -0.05) is 5.16 Å². The summed E-state index contributed by atoms with van der Waals surface area (Å²) in [5.41, 5.74) is 9.47. The molecule has 1 aliphatic heterocycles. The van der Waals surface area contributed by atoms with Gasteiger partial charge in [-0.15, -0.1) is 15.6 Å². The molecule has 1 aromatic carbocycles. The van der Waals surface area contributed by atoms with Crippen LogP contribution in [-0.2, 0) is 33.9 Å². The van der Waals surface area contributed by atoms with Crippen molar-refractivity contribution in [1.82, 2.24) is 15.4 Å². The topological polar surface area (TPSA) is 270 Å². The molecular weight excluding hydrogens is 562 g/mol. The quantitative estimate of drug-likeness (QED) is 0.0580. The number of benzene rings is 1. The molecule has 1 aliphatic rings. The van der Waals surface area contributed by atoms with Crippen molar-refractivity contribution >= 4 is 56.2 Å². The number of carboxylic acids is 1. The highest BCUT2D eigenvalue weighted by molar-refractivity contribution is 7.80. The van der Waals surface area contributed by atoms with E-state index in [-0.39, 0.29) is 22.4 Å². The fraction of sp³-hybridized carbons (Fsp3) is 0.300. The summed E-state index contributed by atoms with van der Waals surface area (Å²) in [5.74, 6) is -3.45. The number of nitrogens with two attached hydrogens (primary N) is 2. The Labute approximate surface area is 224 Å². The Morgan fingerprint density at radius 2 is 1.97 bits per heavy atom. The number of nitrogens with zero attached hydrogens (tertiary/aromatic N) is 3. The van der Waals surface area contributed by atoms with Crippen LogP contribution in [0.3, 0.4) is 0 Å². The highest BCUT2D eigenvalue weighted by atomic mass is 32.3. The first-order valence-corrected chi connectivity index (χ1v) is 12.9. The van der Waals surface area contributed by atoms with Gasteiger partial charge in [-0.25, -0.2) is 9.78 Å². The zero-order chi connectivity index (χ0) is 29.1. The summed E-state index contributed by atoms with van der Waals surface area (Å²) in [6, 6.07) is 4.41. The first kappa shape index (κ1) is 29.2. The average Bonchev–Trinajstić information content (AvgIpc) is 3.27. The molecule has 1 saturated heterocycles. The maximum absolute atomic E-state index is 13.0. The van der Waals surface area contributed by atoms with Gasteiger partial charge < -0.3 is 31.5 Å². The van der Waals surface area contributed by atoms with Gasteiger partial charge in [0.15, 0.2) is 17.5 Å². The lowest BCUT2D eigenvalue weighted by molar-refractivity contribution is -0.218. The molecule has 1 unspecified atom stereocenters. The summed E-state index contributed by atoms with van der Waals surface area (Å²) in [4.78, 5) is 46.1. The number of oxime groups is 1. The van der Waals surface area contributed by atoms with E-state index in [4.69, 9.17) is 31.0 Å². The number of amides is 2. The number of β-lactam (4-membered cyclic amide) rings is 1. The van der Waals surface area contributed by atoms with Crippen LogP contribution in [-0.4, -0.2) is 81.7 Å². The Morgan fingerprint density at radius 1 is 1.33 bits per heavy atom. The molecular formula is C20H23N7O10S2. The fourth-order valence-corrected chi connectivity index (χ4v) is 4.22. The Hall–Kier alpha value is -4.33. The van der Waals surface area contributed by atoms with Crippen molar-refractivity contribution in [3.8, 4) is 5.75 Å². The van der Waals surface area contributed by atoms with Crippen molar-refractivity contribution in [3.05, 3.63) is 40.9 Å². The van der Waals surface area contributed by atoms with Gasteiger partial charge in [-0.05, 0) is 38.1 Å². The number of hydrogen-bond acceptors (Lipinski definition) is 13. The summed E-state index contributed by atoms with van der Waals surface area (Å²) in [5, 5.41) is 24.7. The van der Waals surface area contributed by atoms with E-state index in [1.165, 1.54) is 43.5 Å². The molecule has 0 radical (unpaired) electrons. The standard InChI is InChI=1S/C20H23N7O10S2/c1-20(2)14(17(29)27(20)37-39(32,33)34)25-16(28)13(11-8-38-19(23)24-11)26-35-7-12(18(30)31)36-10-5-3-9(4-6-10)15(21)22/h3-6,8,12,14H,7H2,1-2H3,(H3,21,22)(H2,23,24)(H,25,28)(H,30,31)(H,32,33,34)/t12?,14-/m1/s1. The molecule has 0 spiro atoms. The third-order valence-electron chi connectivity index (χ3n) is 5.20. The highest BCUT2D eigenvalue weighted by Gasteiger charge is 2.58. The van der Waals surface area contributed by atoms with Gasteiger partial charge >= 0.3 is 16.4 Å². The van der Waals surface area contributed by atoms with Crippen molar-refractivity contribution in [2.45, 2.75) is 31.5 Å². The van der Waals surface area contributed by atoms with Gasteiger partial charge in [0, 0.05) is 10.9 Å². The van der Waals surface area contributed by atoms with Crippen molar-refractivity contribution in [2.75, 3.05) is 12.3 Å². The third-order valence-corrected chi connectivity index (χ3v) is 6.21. The first-order valence-electron chi connectivity index (χ1n) is 10.7. The second-order valence-electron chi connectivity index (χ2n) is 8.38. The number of hydrogen-bond donors (Lipinski definition) is 6. The molecule has 39 heavy (non-hydrogen) atoms. The van der Waals surface area contributed by atoms with E-state index in [1.54, 1.807) is 0 Å². The Balaban J connectivity index is 1.75. The summed E-state index contributed by atoms with van der Waals surface area (Å²) >= 11 is 0.963. The van der Waals surface area contributed by atoms with Crippen LogP contribution in [0.4, 0.5) is 5.13 Å². The molecule has 17 nitrogen and oxygen atoms in total. The number of carbonyl (C=O) groups excluding carboxylic acids is 2. The molecule has 0 saturated carbocycles. The smallest absolute Gasteiger partial charge is 0.418 e. The molecule has 1 fully saturated rings. The summed E-state index contributed by atoms with van der Waals surface area (Å²) in [6.45, 7) is 2.05. The number of nitrogens with one attached hydrogen (secondary N) is 2. The summed E-state index contributed by atoms with van der Waals surface area (Å²) < 4.78 is 40.5. The number of nitrogen functional groups attached to an aromatic ring is 2. The van der Waals surface area contributed by atoms with E-state index in [0.717, 1.165) is 11.3 Å². The Kier molecular flexibility index (Phi) is 8.39. The number of hydroxylamine groups is 2. The number of anilines is 1. The predicted molar refractivity (Wildman–Crippen MR) is 134 cm³/mol. The Morgan fingerprint density at radius 3 is 2.46 bits per heavy atom. The number of thiazole rings is 1. The second-order valence-corrected chi connectivity index (χ2v) is 10.3. The number of carbonyl (C=O) groups is 3. The van der Waals surface area contributed by atoms with E-state index in [2.05, 4.69) is 19.7 Å². The van der Waals surface area contributed by atoms with E-state index >= 15 is 0 Å². The van der Waals surface area contributed by atoms with Crippen LogP contribution in [0.2, 0.25) is 0 Å². The lowest BCUT2D eigenvalue weighted by Gasteiger charge is -2.50. The molecule has 210 valence electrons.